The Kier molecular flexibility index (Phi) is 20.8. The third-order valence-electron chi connectivity index (χ3n) is 12.6. The molecule has 4 N–H and O–H groups in total. The van der Waals surface area contributed by atoms with Crippen molar-refractivity contribution >= 4 is 69.9 Å². The number of Topliss-reactive ketones (excluding diaryl/α,β-unsaturated/α-hetero) is 8. The van der Waals surface area contributed by atoms with E-state index in [4.69, 9.17) is 0 Å². The number of aryl methyl sites for hydroxylation is 4. The molecule has 4 saturated carbocycles. The van der Waals surface area contributed by atoms with Gasteiger partial charge < -0.3 is 21.3 Å². The van der Waals surface area contributed by atoms with Crippen LogP contribution in [0, 0.1) is 51.0 Å². The summed E-state index contributed by atoms with van der Waals surface area (Å²) in [6, 6.07) is 14.4. The van der Waals surface area contributed by atoms with Crippen molar-refractivity contribution in [2.75, 3.05) is 0 Å². The van der Waals surface area contributed by atoms with Crippen LogP contribution < -0.4 is 21.3 Å². The predicted octanol–water partition coefficient (Wildman–Crippen LogP) is 6.22. The smallest absolute Gasteiger partial charge is 0.254 e. The van der Waals surface area contributed by atoms with E-state index in [2.05, 4.69) is 21.3 Å². The summed E-state index contributed by atoms with van der Waals surface area (Å²) in [4.78, 5) is 138. The molecule has 4 atom stereocenters. The molecule has 8 rings (SSSR count). The maximum Gasteiger partial charge on any atom is 0.254 e. The third-order valence-corrected chi connectivity index (χ3v) is 12.6. The maximum atomic E-state index is 13.6. The van der Waals surface area contributed by atoms with Crippen LogP contribution in [0.25, 0.3) is 0 Å². The van der Waals surface area contributed by atoms with E-state index in [0.717, 1.165) is 0 Å². The van der Waals surface area contributed by atoms with Crippen molar-refractivity contribution in [3.63, 3.8) is 0 Å². The number of hydrogen-bond acceptors (Lipinski definition) is 12. The van der Waals surface area contributed by atoms with Crippen molar-refractivity contribution in [1.82, 2.24) is 21.3 Å². The van der Waals surface area contributed by atoms with Crippen LogP contribution >= 0.6 is 0 Å². The molecule has 0 unspecified atom stereocenters. The molecule has 0 aromatic heterocycles. The summed E-state index contributed by atoms with van der Waals surface area (Å²) in [7, 11) is 0. The highest BCUT2D eigenvalue weighted by Crippen LogP contribution is 2.19. The normalized spacial score (nSPS) is 19.4. The number of carbonyl (C=O) groups is 12. The predicted molar refractivity (Wildman–Crippen MR) is 265 cm³/mol. The van der Waals surface area contributed by atoms with Gasteiger partial charge in [0.05, 0.1) is 72.1 Å². The number of benzene rings is 4. The number of ketones is 8. The average molecular weight is 1050 g/mol. The Balaban J connectivity index is 0.000000187. The lowest BCUT2D eigenvalue weighted by molar-refractivity contribution is -0.132. The summed E-state index contributed by atoms with van der Waals surface area (Å²) in [5, 5.41) is 9.94. The molecule has 76 heavy (non-hydrogen) atoms. The number of carbonyl (C=O) groups excluding carboxylic acids is 12. The molecular weight excluding hydrogens is 997 g/mol. The van der Waals surface area contributed by atoms with E-state index in [1.807, 2.05) is 0 Å². The van der Waals surface area contributed by atoms with Crippen molar-refractivity contribution < 1.29 is 75.1 Å². The van der Waals surface area contributed by atoms with Crippen molar-refractivity contribution in [3.05, 3.63) is 141 Å². The van der Waals surface area contributed by atoms with Gasteiger partial charge in [0.1, 0.15) is 46.4 Å². The van der Waals surface area contributed by atoms with Gasteiger partial charge in [-0.25, -0.2) is 17.6 Å². The highest BCUT2D eigenvalue weighted by atomic mass is 19.1. The Bertz CT molecular complexity index is 2610. The Hall–Kier alpha value is -8.16. The van der Waals surface area contributed by atoms with Crippen molar-refractivity contribution in [3.8, 4) is 0 Å². The van der Waals surface area contributed by atoms with E-state index in [0.29, 0.717) is 22.3 Å². The summed E-state index contributed by atoms with van der Waals surface area (Å²) >= 11 is 0. The maximum absolute atomic E-state index is 13.6. The molecule has 0 bridgehead atoms. The zero-order chi connectivity index (χ0) is 56.0. The molecule has 0 radical (unpaired) electrons. The first-order valence-corrected chi connectivity index (χ1v) is 24.3. The van der Waals surface area contributed by atoms with Gasteiger partial charge in [-0.2, -0.15) is 0 Å². The number of amides is 4. The fourth-order valence-electron chi connectivity index (χ4n) is 8.26. The molecule has 4 aliphatic rings. The standard InChI is InChI=1S/4C14H14FNO3/c4*1-8-2-4-10(11(15)6-8)14(19)16-12-5-3-9(17)7-13(12)18/h4*2,4,6,12H,3,5,7H2,1H3,(H,16,19)/t4*12-/m1100/s1. The van der Waals surface area contributed by atoms with Crippen LogP contribution in [0.5, 0.6) is 0 Å². The summed E-state index contributed by atoms with van der Waals surface area (Å²) in [6.45, 7) is 6.89. The van der Waals surface area contributed by atoms with E-state index in [1.165, 1.54) is 48.5 Å². The first-order valence-electron chi connectivity index (χ1n) is 24.3. The number of halogens is 4. The second-order valence-electron chi connectivity index (χ2n) is 18.9. The molecule has 0 saturated heterocycles. The van der Waals surface area contributed by atoms with Gasteiger partial charge in [-0.05, 0) is 124 Å². The summed E-state index contributed by atoms with van der Waals surface area (Å²) in [5.74, 6) is -6.63. The highest BCUT2D eigenvalue weighted by molar-refractivity contribution is 6.09. The van der Waals surface area contributed by atoms with E-state index in [-0.39, 0.29) is 146 Å². The van der Waals surface area contributed by atoms with Gasteiger partial charge >= 0.3 is 0 Å². The fourth-order valence-corrected chi connectivity index (χ4v) is 8.26. The molecule has 0 aliphatic heterocycles. The van der Waals surface area contributed by atoms with Gasteiger partial charge in [0.25, 0.3) is 23.6 Å². The Morgan fingerprint density at radius 1 is 0.342 bits per heavy atom. The van der Waals surface area contributed by atoms with Crippen LogP contribution in [0.15, 0.2) is 72.8 Å². The molecule has 0 spiro atoms. The topological polar surface area (TPSA) is 253 Å². The fraction of sp³-hybridized carbons (Fsp3) is 0.357. The zero-order valence-corrected chi connectivity index (χ0v) is 42.1. The Morgan fingerprint density at radius 3 is 0.684 bits per heavy atom. The van der Waals surface area contributed by atoms with Gasteiger partial charge in [0.15, 0.2) is 23.1 Å². The third kappa shape index (κ3) is 16.9. The first-order chi connectivity index (χ1) is 35.9. The van der Waals surface area contributed by atoms with Crippen LogP contribution in [-0.4, -0.2) is 94.1 Å². The average Bonchev–Trinajstić information content (AvgIpc) is 3.33. The van der Waals surface area contributed by atoms with Gasteiger partial charge in [-0.15, -0.1) is 0 Å². The Morgan fingerprint density at radius 2 is 0.526 bits per heavy atom. The molecule has 16 nitrogen and oxygen atoms in total. The minimum atomic E-state index is -0.689. The zero-order valence-electron chi connectivity index (χ0n) is 42.1. The van der Waals surface area contributed by atoms with Crippen LogP contribution in [0.1, 0.15) is 141 Å². The summed E-state index contributed by atoms with van der Waals surface area (Å²) in [5.41, 5.74) is 2.51. The molecule has 20 heteroatoms. The second-order valence-corrected chi connectivity index (χ2v) is 18.9. The van der Waals surface area contributed by atoms with Crippen LogP contribution in [0.4, 0.5) is 17.6 Å². The summed E-state index contributed by atoms with van der Waals surface area (Å²) < 4.78 is 54.5. The van der Waals surface area contributed by atoms with Crippen molar-refractivity contribution in [1.29, 1.82) is 0 Å². The second kappa shape index (κ2) is 26.9. The quantitative estimate of drug-likeness (QED) is 0.113. The molecule has 0 heterocycles. The van der Waals surface area contributed by atoms with Crippen molar-refractivity contribution in [2.24, 2.45) is 0 Å². The molecular formula is C56H56F4N4O12. The number of nitrogens with one attached hydrogen (secondary N) is 4. The summed E-state index contributed by atoms with van der Waals surface area (Å²) in [6.07, 6.45) is 1.63. The van der Waals surface area contributed by atoms with E-state index in [9.17, 15) is 75.1 Å². The van der Waals surface area contributed by atoms with Crippen LogP contribution in [0.3, 0.4) is 0 Å². The van der Waals surface area contributed by atoms with E-state index >= 15 is 0 Å². The van der Waals surface area contributed by atoms with Gasteiger partial charge in [-0.1, -0.05) is 24.3 Å². The van der Waals surface area contributed by atoms with Crippen LogP contribution in [-0.2, 0) is 38.4 Å². The lowest BCUT2D eigenvalue weighted by Crippen LogP contribution is -2.44. The minimum absolute atomic E-state index is 0.0877. The van der Waals surface area contributed by atoms with Crippen molar-refractivity contribution in [2.45, 2.75) is 129 Å². The SMILES string of the molecule is Cc1ccc(C(=O)N[C@@H]2CCC(=O)CC2=O)c(F)c1.Cc1ccc(C(=O)N[C@@H]2CCC(=O)CC2=O)c(F)c1.Cc1ccc(C(=O)N[C@H]2CCC(=O)CC2=O)c(F)c1.Cc1ccc(C(=O)N[C@H]2CCC(=O)CC2=O)c(F)c1. The minimum Gasteiger partial charge on any atom is -0.342 e. The molecule has 4 aliphatic carbocycles. The molecule has 4 aromatic carbocycles. The van der Waals surface area contributed by atoms with Gasteiger partial charge in [0, 0.05) is 25.7 Å². The van der Waals surface area contributed by atoms with Crippen LogP contribution in [0.2, 0.25) is 0 Å². The molecule has 4 amide bonds. The lowest BCUT2D eigenvalue weighted by atomic mass is 9.93. The number of hydrogen-bond donors (Lipinski definition) is 4. The monoisotopic (exact) mass is 1050 g/mol. The molecule has 4 fully saturated rings. The van der Waals surface area contributed by atoms with Gasteiger partial charge in [-0.3, -0.25) is 57.5 Å². The van der Waals surface area contributed by atoms with Gasteiger partial charge in [0.2, 0.25) is 0 Å². The lowest BCUT2D eigenvalue weighted by Gasteiger charge is -2.21. The van der Waals surface area contributed by atoms with E-state index in [1.54, 1.807) is 52.0 Å². The molecule has 4 aromatic rings. The Labute approximate surface area is 434 Å². The first kappa shape index (κ1) is 58.7. The largest absolute Gasteiger partial charge is 0.342 e. The highest BCUT2D eigenvalue weighted by Gasteiger charge is 2.32. The molecule has 400 valence electrons. The van der Waals surface area contributed by atoms with E-state index < -0.39 is 71.1 Å². The number of rotatable bonds is 8.